The van der Waals surface area contributed by atoms with Crippen molar-refractivity contribution in [3.63, 3.8) is 0 Å². The molecule has 1 saturated carbocycles. The average Bonchev–Trinajstić information content (AvgIpc) is 2.72. The van der Waals surface area contributed by atoms with Gasteiger partial charge in [0.05, 0.1) is 0 Å². The number of hydrogen-bond acceptors (Lipinski definition) is 2. The average molecular weight is 248 g/mol. The van der Waals surface area contributed by atoms with Gasteiger partial charge in [-0.05, 0) is 49.4 Å². The molecule has 0 saturated heterocycles. The number of carboxylic acid groups (broad SMARTS) is 2. The summed E-state index contributed by atoms with van der Waals surface area (Å²) >= 11 is 0. The van der Waals surface area contributed by atoms with Gasteiger partial charge in [0, 0.05) is 11.1 Å². The molecule has 18 heavy (non-hydrogen) atoms. The minimum atomic E-state index is -0.816. The van der Waals surface area contributed by atoms with E-state index in [1.165, 1.54) is 0 Å². The molecule has 0 spiro atoms. The number of fused-ring (bicyclic) bond motifs is 4. The molecule has 3 rings (SSSR count). The molecule has 2 bridgehead atoms. The summed E-state index contributed by atoms with van der Waals surface area (Å²) in [5, 5.41) is 18.2. The standard InChI is InChI=1S/C14H16O4/c15-13(16)10-3-7-1-8(4-10)12-6-11(14(17)18)5-9(12)2-7/h3,6-9,12H,1-2,4-5H2,(H,15,16)(H,17,18)/t7-,8-,9?,12?/m1/s1. The van der Waals surface area contributed by atoms with Gasteiger partial charge in [0.1, 0.15) is 0 Å². The Morgan fingerprint density at radius 1 is 0.944 bits per heavy atom. The van der Waals surface area contributed by atoms with Crippen LogP contribution in [0.2, 0.25) is 0 Å². The summed E-state index contributed by atoms with van der Waals surface area (Å²) in [5.41, 5.74) is 1.04. The van der Waals surface area contributed by atoms with Gasteiger partial charge in [-0.1, -0.05) is 12.2 Å². The van der Waals surface area contributed by atoms with E-state index in [4.69, 9.17) is 10.2 Å². The molecule has 3 aliphatic rings. The molecule has 4 heteroatoms. The number of carbonyl (C=O) groups is 2. The number of aliphatic carboxylic acids is 2. The number of rotatable bonds is 2. The Balaban J connectivity index is 1.86. The lowest BCUT2D eigenvalue weighted by molar-refractivity contribution is -0.134. The van der Waals surface area contributed by atoms with Gasteiger partial charge < -0.3 is 10.2 Å². The third-order valence-electron chi connectivity index (χ3n) is 4.64. The van der Waals surface area contributed by atoms with Gasteiger partial charge in [0.2, 0.25) is 0 Å². The van der Waals surface area contributed by atoms with E-state index in [2.05, 4.69) is 0 Å². The van der Waals surface area contributed by atoms with E-state index in [1.54, 1.807) is 0 Å². The second-order valence-electron chi connectivity index (χ2n) is 5.73. The van der Waals surface area contributed by atoms with E-state index in [9.17, 15) is 9.59 Å². The van der Waals surface area contributed by atoms with Crippen molar-refractivity contribution < 1.29 is 19.8 Å². The quantitative estimate of drug-likeness (QED) is 0.784. The number of hydrogen-bond donors (Lipinski definition) is 2. The summed E-state index contributed by atoms with van der Waals surface area (Å²) in [7, 11) is 0. The van der Waals surface area contributed by atoms with Crippen LogP contribution in [-0.2, 0) is 9.59 Å². The highest BCUT2D eigenvalue weighted by atomic mass is 16.4. The molecule has 0 radical (unpaired) electrons. The molecule has 0 heterocycles. The Morgan fingerprint density at radius 2 is 1.44 bits per heavy atom. The van der Waals surface area contributed by atoms with E-state index in [-0.39, 0.29) is 5.92 Å². The molecule has 2 N–H and O–H groups in total. The first-order valence-electron chi connectivity index (χ1n) is 6.42. The topological polar surface area (TPSA) is 74.6 Å². The van der Waals surface area contributed by atoms with Crippen LogP contribution in [0.3, 0.4) is 0 Å². The predicted octanol–water partition coefficient (Wildman–Crippen LogP) is 2.07. The third-order valence-corrected chi connectivity index (χ3v) is 4.64. The van der Waals surface area contributed by atoms with Crippen molar-refractivity contribution in [3.8, 4) is 0 Å². The van der Waals surface area contributed by atoms with Gasteiger partial charge in [0.25, 0.3) is 0 Å². The van der Waals surface area contributed by atoms with Gasteiger partial charge in [0.15, 0.2) is 0 Å². The molecule has 4 nitrogen and oxygen atoms in total. The zero-order valence-corrected chi connectivity index (χ0v) is 10.0. The highest BCUT2D eigenvalue weighted by Crippen LogP contribution is 2.51. The van der Waals surface area contributed by atoms with Crippen molar-refractivity contribution in [1.29, 1.82) is 0 Å². The van der Waals surface area contributed by atoms with Crippen LogP contribution in [0, 0.1) is 23.7 Å². The maximum Gasteiger partial charge on any atom is 0.331 e. The van der Waals surface area contributed by atoms with Crippen LogP contribution in [-0.4, -0.2) is 22.2 Å². The largest absolute Gasteiger partial charge is 0.478 e. The van der Waals surface area contributed by atoms with Crippen molar-refractivity contribution >= 4 is 11.9 Å². The lowest BCUT2D eigenvalue weighted by Gasteiger charge is -2.40. The van der Waals surface area contributed by atoms with Crippen LogP contribution in [0.1, 0.15) is 25.7 Å². The van der Waals surface area contributed by atoms with Gasteiger partial charge >= 0.3 is 11.9 Å². The number of carboxylic acids is 2. The second-order valence-corrected chi connectivity index (χ2v) is 5.73. The SMILES string of the molecule is O=C(O)C1=CC2C(C1)C[C@@H]1C=C(C(=O)O)C[C@H]2C1. The minimum absolute atomic E-state index is 0.274. The Bertz CT molecular complexity index is 474. The Morgan fingerprint density at radius 3 is 1.94 bits per heavy atom. The molecule has 3 aliphatic carbocycles. The number of allylic oxidation sites excluding steroid dienone is 2. The van der Waals surface area contributed by atoms with Crippen molar-refractivity contribution in [1.82, 2.24) is 0 Å². The molecular formula is C14H16O4. The molecule has 1 fully saturated rings. The summed E-state index contributed by atoms with van der Waals surface area (Å²) in [6.45, 7) is 0. The predicted molar refractivity (Wildman–Crippen MR) is 63.9 cm³/mol. The van der Waals surface area contributed by atoms with E-state index >= 15 is 0 Å². The van der Waals surface area contributed by atoms with Crippen LogP contribution in [0.15, 0.2) is 23.3 Å². The van der Waals surface area contributed by atoms with Crippen molar-refractivity contribution in [2.45, 2.75) is 25.7 Å². The van der Waals surface area contributed by atoms with E-state index in [0.717, 1.165) is 12.8 Å². The van der Waals surface area contributed by atoms with Crippen LogP contribution >= 0.6 is 0 Å². The first-order valence-corrected chi connectivity index (χ1v) is 6.42. The molecule has 2 unspecified atom stereocenters. The van der Waals surface area contributed by atoms with Crippen molar-refractivity contribution in [2.75, 3.05) is 0 Å². The van der Waals surface area contributed by atoms with Gasteiger partial charge in [-0.2, -0.15) is 0 Å². The summed E-state index contributed by atoms with van der Waals surface area (Å²) in [5.74, 6) is -0.296. The molecule has 0 aromatic carbocycles. The summed E-state index contributed by atoms with van der Waals surface area (Å²) in [6.07, 6.45) is 6.98. The normalized spacial score (nSPS) is 37.6. The first-order chi connectivity index (χ1) is 8.54. The molecular weight excluding hydrogens is 232 g/mol. The van der Waals surface area contributed by atoms with E-state index in [0.29, 0.717) is 41.7 Å². The lowest BCUT2D eigenvalue weighted by atomic mass is 9.64. The van der Waals surface area contributed by atoms with Gasteiger partial charge in [-0.3, -0.25) is 0 Å². The van der Waals surface area contributed by atoms with Crippen LogP contribution < -0.4 is 0 Å². The molecule has 96 valence electrons. The van der Waals surface area contributed by atoms with Crippen LogP contribution in [0.4, 0.5) is 0 Å². The Kier molecular flexibility index (Phi) is 2.54. The lowest BCUT2D eigenvalue weighted by Crippen LogP contribution is -2.33. The maximum atomic E-state index is 11.1. The van der Waals surface area contributed by atoms with Crippen LogP contribution in [0.5, 0.6) is 0 Å². The van der Waals surface area contributed by atoms with E-state index in [1.807, 2.05) is 12.2 Å². The fraction of sp³-hybridized carbons (Fsp3) is 0.571. The third kappa shape index (κ3) is 1.76. The maximum absolute atomic E-state index is 11.1. The fourth-order valence-corrected chi connectivity index (χ4v) is 3.96. The second kappa shape index (κ2) is 3.97. The molecule has 0 aliphatic heterocycles. The Hall–Kier alpha value is -1.58. The van der Waals surface area contributed by atoms with Crippen molar-refractivity contribution in [2.24, 2.45) is 23.7 Å². The zero-order valence-electron chi connectivity index (χ0n) is 10.0. The molecule has 4 atom stereocenters. The first kappa shape index (κ1) is 11.5. The molecule has 0 amide bonds. The van der Waals surface area contributed by atoms with Crippen molar-refractivity contribution in [3.05, 3.63) is 23.3 Å². The summed E-state index contributed by atoms with van der Waals surface area (Å²) in [4.78, 5) is 22.1. The Labute approximate surface area is 105 Å². The summed E-state index contributed by atoms with van der Waals surface area (Å²) < 4.78 is 0. The zero-order chi connectivity index (χ0) is 12.9. The smallest absolute Gasteiger partial charge is 0.331 e. The van der Waals surface area contributed by atoms with Crippen LogP contribution in [0.25, 0.3) is 0 Å². The highest BCUT2D eigenvalue weighted by Gasteiger charge is 2.43. The molecule has 0 aromatic rings. The van der Waals surface area contributed by atoms with Gasteiger partial charge in [-0.25, -0.2) is 9.59 Å². The van der Waals surface area contributed by atoms with Gasteiger partial charge in [-0.15, -0.1) is 0 Å². The fourth-order valence-electron chi connectivity index (χ4n) is 3.96. The monoisotopic (exact) mass is 248 g/mol. The summed E-state index contributed by atoms with van der Waals surface area (Å²) in [6, 6.07) is 0. The minimum Gasteiger partial charge on any atom is -0.478 e. The molecule has 0 aromatic heterocycles. The highest BCUT2D eigenvalue weighted by molar-refractivity contribution is 5.88. The van der Waals surface area contributed by atoms with E-state index < -0.39 is 11.9 Å².